The monoisotopic (exact) mass is 239 g/mol. The largest absolute Gasteiger partial charge is 0.415 e. The molecular weight excluding hydrogens is 219 g/mol. The van der Waals surface area contributed by atoms with Gasteiger partial charge in [0.25, 0.3) is 0 Å². The lowest BCUT2D eigenvalue weighted by Crippen LogP contribution is -2.44. The Labute approximate surface area is 94.2 Å². The lowest BCUT2D eigenvalue weighted by Gasteiger charge is -2.29. The van der Waals surface area contributed by atoms with Crippen molar-refractivity contribution in [2.75, 3.05) is 6.54 Å². The highest BCUT2D eigenvalue weighted by molar-refractivity contribution is 4.78. The van der Waals surface area contributed by atoms with Gasteiger partial charge >= 0.3 is 6.18 Å². The molecule has 96 valence electrons. The van der Waals surface area contributed by atoms with Gasteiger partial charge in [0.05, 0.1) is 0 Å². The summed E-state index contributed by atoms with van der Waals surface area (Å²) in [6.45, 7) is 1.50. The highest BCUT2D eigenvalue weighted by atomic mass is 19.4. The van der Waals surface area contributed by atoms with Crippen LogP contribution in [0.5, 0.6) is 0 Å². The second-order valence-electron chi connectivity index (χ2n) is 4.65. The molecule has 0 aliphatic heterocycles. The van der Waals surface area contributed by atoms with Crippen molar-refractivity contribution in [1.29, 1.82) is 0 Å². The fourth-order valence-electron chi connectivity index (χ4n) is 2.21. The fraction of sp³-hybridized carbons (Fsp3) is 1.00. The second kappa shape index (κ2) is 5.87. The third kappa shape index (κ3) is 4.29. The molecule has 16 heavy (non-hydrogen) atoms. The molecule has 2 nitrogen and oxygen atoms in total. The molecule has 1 unspecified atom stereocenters. The van der Waals surface area contributed by atoms with Crippen molar-refractivity contribution in [2.24, 2.45) is 5.92 Å². The summed E-state index contributed by atoms with van der Waals surface area (Å²) in [5, 5.41) is 11.6. The van der Waals surface area contributed by atoms with Crippen LogP contribution in [0.1, 0.15) is 39.0 Å². The Morgan fingerprint density at radius 3 is 2.31 bits per heavy atom. The van der Waals surface area contributed by atoms with E-state index < -0.39 is 18.8 Å². The summed E-state index contributed by atoms with van der Waals surface area (Å²) in [6, 6.07) is 0.0531. The van der Waals surface area contributed by atoms with Crippen LogP contribution >= 0.6 is 0 Å². The quantitative estimate of drug-likeness (QED) is 0.790. The topological polar surface area (TPSA) is 32.3 Å². The molecule has 2 N–H and O–H groups in total. The van der Waals surface area contributed by atoms with Gasteiger partial charge < -0.3 is 10.4 Å². The maximum absolute atomic E-state index is 12.1. The van der Waals surface area contributed by atoms with E-state index in [1.807, 2.05) is 6.92 Å². The highest BCUT2D eigenvalue weighted by Crippen LogP contribution is 2.26. The molecule has 1 fully saturated rings. The van der Waals surface area contributed by atoms with Crippen molar-refractivity contribution >= 4 is 0 Å². The van der Waals surface area contributed by atoms with Crippen molar-refractivity contribution in [3.63, 3.8) is 0 Å². The first-order chi connectivity index (χ1) is 7.41. The van der Waals surface area contributed by atoms with Gasteiger partial charge in [0.2, 0.25) is 0 Å². The van der Waals surface area contributed by atoms with E-state index in [-0.39, 0.29) is 6.04 Å². The molecule has 1 aliphatic rings. The van der Waals surface area contributed by atoms with E-state index in [0.29, 0.717) is 5.92 Å². The Kier molecular flexibility index (Phi) is 5.05. The molecule has 1 rings (SSSR count). The molecule has 0 heterocycles. The maximum atomic E-state index is 12.1. The lowest BCUT2D eigenvalue weighted by atomic mass is 9.84. The molecule has 0 saturated heterocycles. The van der Waals surface area contributed by atoms with Crippen LogP contribution in [0.15, 0.2) is 0 Å². The van der Waals surface area contributed by atoms with E-state index >= 15 is 0 Å². The summed E-state index contributed by atoms with van der Waals surface area (Å²) in [5.41, 5.74) is 0. The van der Waals surface area contributed by atoms with Crippen LogP contribution in [0.3, 0.4) is 0 Å². The molecular formula is C11H20F3NO. The molecule has 0 aromatic heterocycles. The van der Waals surface area contributed by atoms with E-state index in [9.17, 15) is 13.2 Å². The highest BCUT2D eigenvalue weighted by Gasteiger charge is 2.38. The van der Waals surface area contributed by atoms with Gasteiger partial charge in [-0.1, -0.05) is 19.3 Å². The van der Waals surface area contributed by atoms with Gasteiger partial charge in [-0.3, -0.25) is 0 Å². The molecule has 0 bridgehead atoms. The molecule has 0 amide bonds. The number of nitrogens with one attached hydrogen (secondary N) is 1. The van der Waals surface area contributed by atoms with Crippen LogP contribution in [-0.4, -0.2) is 30.0 Å². The average Bonchev–Trinajstić information content (AvgIpc) is 2.25. The third-order valence-electron chi connectivity index (χ3n) is 3.37. The van der Waals surface area contributed by atoms with Crippen molar-refractivity contribution in [1.82, 2.24) is 5.32 Å². The summed E-state index contributed by atoms with van der Waals surface area (Å²) in [4.78, 5) is 0. The Bertz CT molecular complexity index is 202. The minimum absolute atomic E-state index is 0.0531. The summed E-state index contributed by atoms with van der Waals surface area (Å²) in [7, 11) is 0. The maximum Gasteiger partial charge on any atom is 0.415 e. The Morgan fingerprint density at radius 2 is 1.81 bits per heavy atom. The minimum Gasteiger partial charge on any atom is -0.382 e. The zero-order valence-corrected chi connectivity index (χ0v) is 9.56. The van der Waals surface area contributed by atoms with Crippen molar-refractivity contribution in [2.45, 2.75) is 57.3 Å². The lowest BCUT2D eigenvalue weighted by molar-refractivity contribution is -0.202. The summed E-state index contributed by atoms with van der Waals surface area (Å²) < 4.78 is 36.2. The van der Waals surface area contributed by atoms with Crippen molar-refractivity contribution < 1.29 is 18.3 Å². The molecule has 0 aromatic rings. The minimum atomic E-state index is -4.51. The number of rotatable bonds is 4. The number of aliphatic hydroxyl groups excluding tert-OH is 1. The van der Waals surface area contributed by atoms with Crippen molar-refractivity contribution in [3.8, 4) is 0 Å². The van der Waals surface area contributed by atoms with Gasteiger partial charge in [0.15, 0.2) is 6.10 Å². The predicted molar refractivity (Wildman–Crippen MR) is 56.1 cm³/mol. The molecule has 1 saturated carbocycles. The zero-order valence-electron chi connectivity index (χ0n) is 9.56. The van der Waals surface area contributed by atoms with Crippen LogP contribution in [0.2, 0.25) is 0 Å². The van der Waals surface area contributed by atoms with Crippen LogP contribution in [0, 0.1) is 5.92 Å². The van der Waals surface area contributed by atoms with E-state index in [0.717, 1.165) is 12.8 Å². The van der Waals surface area contributed by atoms with E-state index in [1.54, 1.807) is 0 Å². The molecule has 0 aromatic carbocycles. The number of aliphatic hydroxyl groups is 1. The first-order valence-corrected chi connectivity index (χ1v) is 5.89. The number of hydrogen-bond acceptors (Lipinski definition) is 2. The SMILES string of the molecule is C[C@@H](NCC(O)C(F)(F)F)C1CCCCC1. The zero-order chi connectivity index (χ0) is 12.2. The summed E-state index contributed by atoms with van der Waals surface area (Å²) >= 11 is 0. The standard InChI is InChI=1S/C11H20F3NO/c1-8(9-5-3-2-4-6-9)15-7-10(16)11(12,13)14/h8-10,15-16H,2-7H2,1H3/t8-,10?/m1/s1. The van der Waals surface area contributed by atoms with Crippen LogP contribution in [0.4, 0.5) is 13.2 Å². The first-order valence-electron chi connectivity index (χ1n) is 5.89. The summed E-state index contributed by atoms with van der Waals surface area (Å²) in [6.07, 6.45) is -1.05. The Hall–Kier alpha value is -0.290. The predicted octanol–water partition coefficient (Wildman–Crippen LogP) is 2.47. The molecule has 5 heteroatoms. The number of alkyl halides is 3. The van der Waals surface area contributed by atoms with Crippen LogP contribution in [-0.2, 0) is 0 Å². The third-order valence-corrected chi connectivity index (χ3v) is 3.37. The molecule has 2 atom stereocenters. The van der Waals surface area contributed by atoms with Gasteiger partial charge in [-0.15, -0.1) is 0 Å². The van der Waals surface area contributed by atoms with Gasteiger partial charge in [-0.2, -0.15) is 13.2 Å². The average molecular weight is 239 g/mol. The van der Waals surface area contributed by atoms with Gasteiger partial charge in [0, 0.05) is 12.6 Å². The smallest absolute Gasteiger partial charge is 0.382 e. The van der Waals surface area contributed by atoms with Crippen molar-refractivity contribution in [3.05, 3.63) is 0 Å². The number of halogens is 3. The van der Waals surface area contributed by atoms with Gasteiger partial charge in [-0.25, -0.2) is 0 Å². The van der Waals surface area contributed by atoms with E-state index in [1.165, 1.54) is 19.3 Å². The summed E-state index contributed by atoms with van der Waals surface area (Å²) in [5.74, 6) is 0.453. The Balaban J connectivity index is 2.26. The van der Waals surface area contributed by atoms with E-state index in [2.05, 4.69) is 5.32 Å². The molecule has 0 radical (unpaired) electrons. The second-order valence-corrected chi connectivity index (χ2v) is 4.65. The Morgan fingerprint density at radius 1 is 1.25 bits per heavy atom. The fourth-order valence-corrected chi connectivity index (χ4v) is 2.21. The number of hydrogen-bond donors (Lipinski definition) is 2. The van der Waals surface area contributed by atoms with Gasteiger partial charge in [-0.05, 0) is 25.7 Å². The molecule has 0 spiro atoms. The van der Waals surface area contributed by atoms with Crippen LogP contribution in [0.25, 0.3) is 0 Å². The normalized spacial score (nSPS) is 23.1. The van der Waals surface area contributed by atoms with Gasteiger partial charge in [0.1, 0.15) is 0 Å². The van der Waals surface area contributed by atoms with Crippen LogP contribution < -0.4 is 5.32 Å². The molecule has 1 aliphatic carbocycles. The van der Waals surface area contributed by atoms with E-state index in [4.69, 9.17) is 5.11 Å². The first kappa shape index (κ1) is 13.8.